The average Bonchev–Trinajstić information content (AvgIpc) is 2.96. The van der Waals surface area contributed by atoms with Crippen LogP contribution >= 0.6 is 28.3 Å². The van der Waals surface area contributed by atoms with Crippen molar-refractivity contribution in [1.82, 2.24) is 19.2 Å². The van der Waals surface area contributed by atoms with Crippen molar-refractivity contribution in [2.75, 3.05) is 19.6 Å². The molecule has 2 heterocycles. The van der Waals surface area contributed by atoms with E-state index in [4.69, 9.17) is 0 Å². The van der Waals surface area contributed by atoms with E-state index in [9.17, 15) is 8.42 Å². The van der Waals surface area contributed by atoms with E-state index in [1.165, 1.54) is 0 Å². The molecular weight excluding hydrogens is 416 g/mol. The largest absolute Gasteiger partial charge is 0.337 e. The normalized spacial score (nSPS) is 19.0. The molecule has 2 aromatic rings. The molecule has 1 aliphatic heterocycles. The smallest absolute Gasteiger partial charge is 0.243 e. The number of nitrogens with one attached hydrogen (secondary N) is 1. The predicted molar refractivity (Wildman–Crippen MR) is 98.8 cm³/mol. The molecule has 6 nitrogen and oxygen atoms in total. The van der Waals surface area contributed by atoms with Gasteiger partial charge in [-0.15, -0.1) is 12.4 Å². The zero-order valence-electron chi connectivity index (χ0n) is 13.4. The monoisotopic (exact) mass is 434 g/mol. The quantitative estimate of drug-likeness (QED) is 0.803. The van der Waals surface area contributed by atoms with Gasteiger partial charge in [0, 0.05) is 43.5 Å². The molecule has 1 fully saturated rings. The second-order valence-electron chi connectivity index (χ2n) is 5.64. The minimum Gasteiger partial charge on any atom is -0.337 e. The number of hydrogen-bond acceptors (Lipinski definition) is 4. The van der Waals surface area contributed by atoms with Crippen LogP contribution in [0.25, 0.3) is 0 Å². The molecule has 0 spiro atoms. The van der Waals surface area contributed by atoms with E-state index in [-0.39, 0.29) is 18.4 Å². The number of imidazole rings is 1. The number of piperazine rings is 1. The summed E-state index contributed by atoms with van der Waals surface area (Å²) in [4.78, 5) is 4.64. The maximum atomic E-state index is 13.1. The molecule has 132 valence electrons. The van der Waals surface area contributed by atoms with Crippen LogP contribution in [0.15, 0.2) is 40.0 Å². The molecule has 1 aromatic heterocycles. The number of sulfonamides is 1. The number of halogens is 2. The van der Waals surface area contributed by atoms with Gasteiger partial charge >= 0.3 is 0 Å². The molecule has 0 saturated carbocycles. The van der Waals surface area contributed by atoms with E-state index in [2.05, 4.69) is 26.2 Å². The SMILES string of the molecule is Cc1ccc(S(=O)(=O)N2CCNCC2c2nccn2C)cc1Br.Cl. The fourth-order valence-electron chi connectivity index (χ4n) is 2.76. The Bertz CT molecular complexity index is 825. The van der Waals surface area contributed by atoms with Crippen molar-refractivity contribution in [3.63, 3.8) is 0 Å². The molecular formula is C15H20BrClN4O2S. The summed E-state index contributed by atoms with van der Waals surface area (Å²) < 4.78 is 30.4. The lowest BCUT2D eigenvalue weighted by atomic mass is 10.2. The molecule has 1 saturated heterocycles. The fourth-order valence-corrected chi connectivity index (χ4v) is 4.90. The van der Waals surface area contributed by atoms with Gasteiger partial charge in [-0.05, 0) is 24.6 Å². The summed E-state index contributed by atoms with van der Waals surface area (Å²) in [6.45, 7) is 3.54. The molecule has 0 radical (unpaired) electrons. The van der Waals surface area contributed by atoms with Gasteiger partial charge in [-0.2, -0.15) is 4.31 Å². The second-order valence-corrected chi connectivity index (χ2v) is 8.39. The second kappa shape index (κ2) is 7.53. The highest BCUT2D eigenvalue weighted by atomic mass is 79.9. The van der Waals surface area contributed by atoms with Crippen molar-refractivity contribution < 1.29 is 8.42 Å². The third-order valence-electron chi connectivity index (χ3n) is 4.10. The van der Waals surface area contributed by atoms with Crippen molar-refractivity contribution in [3.05, 3.63) is 46.5 Å². The van der Waals surface area contributed by atoms with Gasteiger partial charge < -0.3 is 9.88 Å². The maximum Gasteiger partial charge on any atom is 0.243 e. The first kappa shape index (κ1) is 19.4. The van der Waals surface area contributed by atoms with Gasteiger partial charge in [0.25, 0.3) is 0 Å². The van der Waals surface area contributed by atoms with E-state index < -0.39 is 10.0 Å². The number of benzene rings is 1. The Kier molecular flexibility index (Phi) is 6.09. The predicted octanol–water partition coefficient (Wildman–Crippen LogP) is 2.25. The van der Waals surface area contributed by atoms with Crippen molar-refractivity contribution in [1.29, 1.82) is 0 Å². The van der Waals surface area contributed by atoms with E-state index in [0.29, 0.717) is 24.5 Å². The third kappa shape index (κ3) is 3.52. The van der Waals surface area contributed by atoms with Crippen LogP contribution in [-0.2, 0) is 17.1 Å². The number of rotatable bonds is 3. The van der Waals surface area contributed by atoms with E-state index in [1.54, 1.807) is 22.6 Å². The number of aromatic nitrogens is 2. The number of aryl methyl sites for hydroxylation is 2. The molecule has 1 aliphatic rings. The lowest BCUT2D eigenvalue weighted by molar-refractivity contribution is 0.258. The highest BCUT2D eigenvalue weighted by Crippen LogP contribution is 2.29. The van der Waals surface area contributed by atoms with Gasteiger partial charge in [-0.25, -0.2) is 13.4 Å². The Morgan fingerprint density at radius 1 is 1.38 bits per heavy atom. The van der Waals surface area contributed by atoms with Crippen LogP contribution in [0.5, 0.6) is 0 Å². The summed E-state index contributed by atoms with van der Waals surface area (Å²) in [6, 6.07) is 4.83. The van der Waals surface area contributed by atoms with Crippen LogP contribution < -0.4 is 5.32 Å². The maximum absolute atomic E-state index is 13.1. The van der Waals surface area contributed by atoms with Gasteiger partial charge in [0.15, 0.2) is 0 Å². The zero-order valence-corrected chi connectivity index (χ0v) is 16.7. The summed E-state index contributed by atoms with van der Waals surface area (Å²) in [5, 5.41) is 3.26. The van der Waals surface area contributed by atoms with Crippen LogP contribution in [0.1, 0.15) is 17.4 Å². The zero-order chi connectivity index (χ0) is 16.6. The first-order valence-corrected chi connectivity index (χ1v) is 9.60. The summed E-state index contributed by atoms with van der Waals surface area (Å²) in [5.41, 5.74) is 1.00. The first-order valence-electron chi connectivity index (χ1n) is 7.37. The standard InChI is InChI=1S/C15H19BrN4O2S.ClH/c1-11-3-4-12(9-13(11)16)23(21,22)20-8-5-17-10-14(20)15-18-6-7-19(15)2;/h3-4,6-7,9,14,17H,5,8,10H2,1-2H3;1H. The van der Waals surface area contributed by atoms with E-state index in [0.717, 1.165) is 15.9 Å². The molecule has 1 N–H and O–H groups in total. The van der Waals surface area contributed by atoms with Crippen LogP contribution in [0.3, 0.4) is 0 Å². The van der Waals surface area contributed by atoms with E-state index in [1.807, 2.05) is 30.8 Å². The molecule has 3 rings (SSSR count). The van der Waals surface area contributed by atoms with Gasteiger partial charge in [0.2, 0.25) is 10.0 Å². The molecule has 0 aliphatic carbocycles. The minimum atomic E-state index is -3.58. The molecule has 1 aromatic carbocycles. The number of hydrogen-bond donors (Lipinski definition) is 1. The Morgan fingerprint density at radius 2 is 2.12 bits per heavy atom. The van der Waals surface area contributed by atoms with Crippen molar-refractivity contribution >= 4 is 38.4 Å². The summed E-state index contributed by atoms with van der Waals surface area (Å²) in [7, 11) is -1.70. The molecule has 0 bridgehead atoms. The van der Waals surface area contributed by atoms with Crippen molar-refractivity contribution in [2.45, 2.75) is 17.9 Å². The number of nitrogens with zero attached hydrogens (tertiary/aromatic N) is 3. The van der Waals surface area contributed by atoms with Crippen LogP contribution in [0, 0.1) is 6.92 Å². The Hall–Kier alpha value is -0.930. The molecule has 9 heteroatoms. The average molecular weight is 436 g/mol. The van der Waals surface area contributed by atoms with Crippen molar-refractivity contribution in [2.24, 2.45) is 7.05 Å². The molecule has 1 atom stereocenters. The van der Waals surface area contributed by atoms with Crippen molar-refractivity contribution in [3.8, 4) is 0 Å². The first-order chi connectivity index (χ1) is 10.9. The fraction of sp³-hybridized carbons (Fsp3) is 0.400. The third-order valence-corrected chi connectivity index (χ3v) is 6.86. The highest BCUT2D eigenvalue weighted by molar-refractivity contribution is 9.10. The lowest BCUT2D eigenvalue weighted by Crippen LogP contribution is -2.49. The van der Waals surface area contributed by atoms with Crippen LogP contribution in [0.4, 0.5) is 0 Å². The van der Waals surface area contributed by atoms with Gasteiger partial charge in [0.05, 0.1) is 10.9 Å². The van der Waals surface area contributed by atoms with Gasteiger partial charge in [-0.3, -0.25) is 0 Å². The summed E-state index contributed by atoms with van der Waals surface area (Å²) in [6.07, 6.45) is 3.52. The minimum absolute atomic E-state index is 0. The van der Waals surface area contributed by atoms with E-state index >= 15 is 0 Å². The van der Waals surface area contributed by atoms with Crippen LogP contribution in [-0.4, -0.2) is 41.9 Å². The lowest BCUT2D eigenvalue weighted by Gasteiger charge is -2.34. The topological polar surface area (TPSA) is 67.2 Å². The molecule has 24 heavy (non-hydrogen) atoms. The van der Waals surface area contributed by atoms with Crippen LogP contribution in [0.2, 0.25) is 0 Å². The Labute approximate surface area is 156 Å². The summed E-state index contributed by atoms with van der Waals surface area (Å²) in [5.74, 6) is 0.743. The summed E-state index contributed by atoms with van der Waals surface area (Å²) >= 11 is 3.42. The van der Waals surface area contributed by atoms with Gasteiger partial charge in [0.1, 0.15) is 5.82 Å². The highest BCUT2D eigenvalue weighted by Gasteiger charge is 2.36. The molecule has 0 amide bonds. The Balaban J connectivity index is 0.00000208. The Morgan fingerprint density at radius 3 is 2.75 bits per heavy atom. The molecule has 1 unspecified atom stereocenters. The van der Waals surface area contributed by atoms with Gasteiger partial charge in [-0.1, -0.05) is 22.0 Å².